The molecule has 0 saturated carbocycles. The van der Waals surface area contributed by atoms with E-state index in [2.05, 4.69) is 18.0 Å². The summed E-state index contributed by atoms with van der Waals surface area (Å²) in [7, 11) is 0. The molecule has 1 unspecified atom stereocenters. The molecular formula is C20H26N2O2. The van der Waals surface area contributed by atoms with Crippen LogP contribution in [0, 0.1) is 0 Å². The number of amides is 1. The van der Waals surface area contributed by atoms with Gasteiger partial charge in [-0.05, 0) is 18.1 Å². The SMILES string of the molecule is CCCCCCCC(=O)N1Cc2[nH]c3ccccc3c2CC1C=O. The summed E-state index contributed by atoms with van der Waals surface area (Å²) in [6.45, 7) is 2.70. The minimum atomic E-state index is -0.333. The number of aldehydes is 1. The second kappa shape index (κ2) is 7.65. The van der Waals surface area contributed by atoms with Gasteiger partial charge in [0.2, 0.25) is 5.91 Å². The lowest BCUT2D eigenvalue weighted by molar-refractivity contribution is -0.137. The zero-order valence-electron chi connectivity index (χ0n) is 14.4. The molecule has 0 fully saturated rings. The fourth-order valence-electron chi connectivity index (χ4n) is 3.65. The molecule has 0 aliphatic carbocycles. The monoisotopic (exact) mass is 326 g/mol. The maximum absolute atomic E-state index is 12.6. The average Bonchev–Trinajstić information content (AvgIpc) is 2.97. The summed E-state index contributed by atoms with van der Waals surface area (Å²) < 4.78 is 0. The lowest BCUT2D eigenvalue weighted by atomic mass is 9.97. The molecule has 0 saturated heterocycles. The van der Waals surface area contributed by atoms with Crippen molar-refractivity contribution in [1.82, 2.24) is 9.88 Å². The fourth-order valence-corrected chi connectivity index (χ4v) is 3.65. The average molecular weight is 326 g/mol. The Hall–Kier alpha value is -2.10. The molecule has 1 amide bonds. The second-order valence-electron chi connectivity index (χ2n) is 6.72. The Morgan fingerprint density at radius 2 is 2.04 bits per heavy atom. The summed E-state index contributed by atoms with van der Waals surface area (Å²) in [6, 6.07) is 7.81. The van der Waals surface area contributed by atoms with Crippen LogP contribution < -0.4 is 0 Å². The van der Waals surface area contributed by atoms with Gasteiger partial charge >= 0.3 is 0 Å². The lowest BCUT2D eigenvalue weighted by Crippen LogP contribution is -2.45. The number of carbonyl (C=O) groups excluding carboxylic acids is 2. The smallest absolute Gasteiger partial charge is 0.223 e. The molecule has 1 aliphatic rings. The number of aromatic nitrogens is 1. The van der Waals surface area contributed by atoms with E-state index in [0.717, 1.165) is 30.3 Å². The molecule has 0 bridgehead atoms. The molecular weight excluding hydrogens is 300 g/mol. The van der Waals surface area contributed by atoms with Crippen molar-refractivity contribution in [3.63, 3.8) is 0 Å². The molecule has 1 N–H and O–H groups in total. The van der Waals surface area contributed by atoms with E-state index >= 15 is 0 Å². The lowest BCUT2D eigenvalue weighted by Gasteiger charge is -2.32. The van der Waals surface area contributed by atoms with E-state index in [1.807, 2.05) is 18.2 Å². The molecule has 2 aromatic rings. The standard InChI is InChI=1S/C20H26N2O2/c1-2-3-4-5-6-11-20(24)22-13-19-17(12-15(22)14-23)16-9-7-8-10-18(16)21-19/h7-10,14-15,21H,2-6,11-13H2,1H3. The Balaban J connectivity index is 1.70. The quantitative estimate of drug-likeness (QED) is 0.618. The van der Waals surface area contributed by atoms with Gasteiger partial charge in [-0.15, -0.1) is 0 Å². The highest BCUT2D eigenvalue weighted by Crippen LogP contribution is 2.30. The third kappa shape index (κ3) is 3.37. The van der Waals surface area contributed by atoms with Crippen LogP contribution in [0.2, 0.25) is 0 Å². The van der Waals surface area contributed by atoms with Crippen molar-refractivity contribution in [2.75, 3.05) is 0 Å². The first-order valence-corrected chi connectivity index (χ1v) is 9.07. The largest absolute Gasteiger partial charge is 0.357 e. The highest BCUT2D eigenvalue weighted by atomic mass is 16.2. The zero-order valence-corrected chi connectivity index (χ0v) is 14.4. The number of fused-ring (bicyclic) bond motifs is 3. The first-order chi connectivity index (χ1) is 11.7. The highest BCUT2D eigenvalue weighted by molar-refractivity contribution is 5.87. The number of para-hydroxylation sites is 1. The van der Waals surface area contributed by atoms with Gasteiger partial charge in [-0.2, -0.15) is 0 Å². The van der Waals surface area contributed by atoms with Crippen LogP contribution in [0.15, 0.2) is 24.3 Å². The molecule has 128 valence electrons. The van der Waals surface area contributed by atoms with Gasteiger partial charge < -0.3 is 14.7 Å². The Labute approximate surface area is 143 Å². The molecule has 1 aromatic carbocycles. The molecule has 2 heterocycles. The van der Waals surface area contributed by atoms with Crippen molar-refractivity contribution in [2.24, 2.45) is 0 Å². The Morgan fingerprint density at radius 1 is 1.25 bits per heavy atom. The number of unbranched alkanes of at least 4 members (excludes halogenated alkanes) is 4. The van der Waals surface area contributed by atoms with Gasteiger partial charge in [-0.1, -0.05) is 50.8 Å². The summed E-state index contributed by atoms with van der Waals surface area (Å²) in [6.07, 6.45) is 7.72. The summed E-state index contributed by atoms with van der Waals surface area (Å²) in [5.74, 6) is 0.105. The van der Waals surface area contributed by atoms with Crippen LogP contribution in [0.1, 0.15) is 56.7 Å². The van der Waals surface area contributed by atoms with Crippen LogP contribution in [0.5, 0.6) is 0 Å². The van der Waals surface area contributed by atoms with Gasteiger partial charge in [0.05, 0.1) is 12.6 Å². The van der Waals surface area contributed by atoms with Gasteiger partial charge in [0.1, 0.15) is 6.29 Å². The Morgan fingerprint density at radius 3 is 2.83 bits per heavy atom. The van der Waals surface area contributed by atoms with Crippen LogP contribution >= 0.6 is 0 Å². The Bertz CT molecular complexity index is 719. The van der Waals surface area contributed by atoms with Crippen LogP contribution in [0.4, 0.5) is 0 Å². The number of aromatic amines is 1. The highest BCUT2D eigenvalue weighted by Gasteiger charge is 2.31. The molecule has 1 atom stereocenters. The number of nitrogens with one attached hydrogen (secondary N) is 1. The van der Waals surface area contributed by atoms with Crippen LogP contribution in [-0.2, 0) is 22.6 Å². The van der Waals surface area contributed by atoms with E-state index in [-0.39, 0.29) is 11.9 Å². The van der Waals surface area contributed by atoms with E-state index in [1.54, 1.807) is 4.90 Å². The van der Waals surface area contributed by atoms with Crippen molar-refractivity contribution in [2.45, 2.75) is 64.5 Å². The van der Waals surface area contributed by atoms with Crippen LogP contribution in [0.3, 0.4) is 0 Å². The van der Waals surface area contributed by atoms with Crippen molar-refractivity contribution < 1.29 is 9.59 Å². The molecule has 4 nitrogen and oxygen atoms in total. The first kappa shape index (κ1) is 16.7. The van der Waals surface area contributed by atoms with Crippen molar-refractivity contribution in [1.29, 1.82) is 0 Å². The topological polar surface area (TPSA) is 53.2 Å². The number of carbonyl (C=O) groups is 2. The normalized spacial score (nSPS) is 17.0. The van der Waals surface area contributed by atoms with Crippen LogP contribution in [0.25, 0.3) is 10.9 Å². The first-order valence-electron chi connectivity index (χ1n) is 9.07. The van der Waals surface area contributed by atoms with Crippen molar-refractivity contribution >= 4 is 23.1 Å². The predicted molar refractivity (Wildman–Crippen MR) is 95.8 cm³/mol. The summed E-state index contributed by atoms with van der Waals surface area (Å²) in [5, 5.41) is 1.17. The van der Waals surface area contributed by atoms with Gasteiger partial charge in [0.25, 0.3) is 0 Å². The minimum Gasteiger partial charge on any atom is -0.357 e. The summed E-state index contributed by atoms with van der Waals surface area (Å²) >= 11 is 0. The number of nitrogens with zero attached hydrogens (tertiary/aromatic N) is 1. The van der Waals surface area contributed by atoms with Crippen molar-refractivity contribution in [3.8, 4) is 0 Å². The van der Waals surface area contributed by atoms with Crippen molar-refractivity contribution in [3.05, 3.63) is 35.5 Å². The van der Waals surface area contributed by atoms with E-state index in [4.69, 9.17) is 0 Å². The zero-order chi connectivity index (χ0) is 16.9. The second-order valence-corrected chi connectivity index (χ2v) is 6.72. The summed E-state index contributed by atoms with van der Waals surface area (Å²) in [5.41, 5.74) is 3.35. The van der Waals surface area contributed by atoms with Crippen LogP contribution in [-0.4, -0.2) is 28.1 Å². The number of hydrogen-bond donors (Lipinski definition) is 1. The maximum Gasteiger partial charge on any atom is 0.223 e. The van der Waals surface area contributed by atoms with E-state index in [1.165, 1.54) is 30.2 Å². The van der Waals surface area contributed by atoms with Gasteiger partial charge in [-0.3, -0.25) is 4.79 Å². The number of rotatable bonds is 7. The van der Waals surface area contributed by atoms with E-state index in [9.17, 15) is 9.59 Å². The number of H-pyrrole nitrogens is 1. The van der Waals surface area contributed by atoms with Gasteiger partial charge in [0, 0.05) is 29.4 Å². The molecule has 4 heteroatoms. The molecule has 1 aliphatic heterocycles. The number of benzene rings is 1. The molecule has 24 heavy (non-hydrogen) atoms. The molecule has 1 aromatic heterocycles. The molecule has 3 rings (SSSR count). The molecule has 0 spiro atoms. The third-order valence-corrected chi connectivity index (χ3v) is 5.02. The minimum absolute atomic E-state index is 0.105. The summed E-state index contributed by atoms with van der Waals surface area (Å²) in [4.78, 5) is 29.3. The van der Waals surface area contributed by atoms with Gasteiger partial charge in [0.15, 0.2) is 0 Å². The maximum atomic E-state index is 12.6. The van der Waals surface area contributed by atoms with E-state index < -0.39 is 0 Å². The number of hydrogen-bond acceptors (Lipinski definition) is 2. The fraction of sp³-hybridized carbons (Fsp3) is 0.500. The molecule has 0 radical (unpaired) electrons. The van der Waals surface area contributed by atoms with Gasteiger partial charge in [-0.25, -0.2) is 0 Å². The third-order valence-electron chi connectivity index (χ3n) is 5.02. The predicted octanol–water partition coefficient (Wildman–Crippen LogP) is 3.98. The van der Waals surface area contributed by atoms with E-state index in [0.29, 0.717) is 19.4 Å². The Kier molecular flexibility index (Phi) is 5.34.